The lowest BCUT2D eigenvalue weighted by Gasteiger charge is -2.24. The van der Waals surface area contributed by atoms with Crippen LogP contribution in [0.5, 0.6) is 11.5 Å². The Morgan fingerprint density at radius 2 is 1.88 bits per heavy atom. The van der Waals surface area contributed by atoms with Crippen LogP contribution in [0, 0.1) is 0 Å². The predicted molar refractivity (Wildman–Crippen MR) is 159 cm³/mol. The molecule has 2 bridgehead atoms. The van der Waals surface area contributed by atoms with Crippen LogP contribution in [0.1, 0.15) is 17.5 Å². The number of methoxy groups -OCH3 is 1. The van der Waals surface area contributed by atoms with Crippen molar-refractivity contribution in [3.8, 4) is 22.9 Å². The van der Waals surface area contributed by atoms with Crippen molar-refractivity contribution in [1.29, 1.82) is 0 Å². The highest BCUT2D eigenvalue weighted by atomic mass is 16.5. The van der Waals surface area contributed by atoms with Crippen molar-refractivity contribution in [2.75, 3.05) is 33.4 Å². The zero-order chi connectivity index (χ0) is 29.1. The first-order valence-electron chi connectivity index (χ1n) is 14.1. The van der Waals surface area contributed by atoms with Gasteiger partial charge in [-0.3, -0.25) is 19.5 Å². The summed E-state index contributed by atoms with van der Waals surface area (Å²) in [5.41, 5.74) is 2.85. The summed E-state index contributed by atoms with van der Waals surface area (Å²) in [4.78, 5) is 37.5. The van der Waals surface area contributed by atoms with Crippen molar-refractivity contribution in [2.45, 2.75) is 32.0 Å². The number of nitrogens with zero attached hydrogens (tertiary/aromatic N) is 4. The van der Waals surface area contributed by atoms with E-state index in [0.717, 1.165) is 22.5 Å². The second-order valence-corrected chi connectivity index (χ2v) is 10.2. The van der Waals surface area contributed by atoms with E-state index in [1.54, 1.807) is 25.7 Å². The number of carbonyl (C=O) groups excluding carboxylic acids is 2. The number of hydrogen-bond donors (Lipinski definition) is 2. The average Bonchev–Trinajstić information content (AvgIpc) is 3.48. The van der Waals surface area contributed by atoms with Gasteiger partial charge in [-0.2, -0.15) is 0 Å². The van der Waals surface area contributed by atoms with E-state index < -0.39 is 6.04 Å². The Labute approximate surface area is 245 Å². The molecule has 0 saturated heterocycles. The van der Waals surface area contributed by atoms with Crippen molar-refractivity contribution >= 4 is 11.8 Å². The fourth-order valence-corrected chi connectivity index (χ4v) is 5.04. The topological polar surface area (TPSA) is 111 Å². The van der Waals surface area contributed by atoms with E-state index in [2.05, 4.69) is 20.6 Å². The molecule has 1 aliphatic heterocycles. The van der Waals surface area contributed by atoms with E-state index in [-0.39, 0.29) is 18.4 Å². The van der Waals surface area contributed by atoms with Gasteiger partial charge in [-0.15, -0.1) is 0 Å². The SMILES string of the molecule is COc1ccc2cc1OCCCN(Cc1cccnc1)CC(=O)N[C@@H](Cc1ccccc1)C(=O)NCCn1ccnc1-2. The van der Waals surface area contributed by atoms with Gasteiger partial charge in [0.15, 0.2) is 11.5 Å². The molecule has 1 atom stereocenters. The number of amides is 2. The van der Waals surface area contributed by atoms with Crippen molar-refractivity contribution in [2.24, 2.45) is 0 Å². The molecule has 0 fully saturated rings. The number of ether oxygens (including phenoxy) is 2. The molecule has 10 heteroatoms. The number of pyridine rings is 1. The third-order valence-electron chi connectivity index (χ3n) is 7.10. The number of carbonyl (C=O) groups is 2. The summed E-state index contributed by atoms with van der Waals surface area (Å²) < 4.78 is 13.7. The summed E-state index contributed by atoms with van der Waals surface area (Å²) in [6.07, 6.45) is 8.20. The van der Waals surface area contributed by atoms with E-state index >= 15 is 0 Å². The monoisotopic (exact) mass is 568 g/mol. The summed E-state index contributed by atoms with van der Waals surface area (Å²) in [6.45, 7) is 2.58. The van der Waals surface area contributed by atoms with Gasteiger partial charge in [0, 0.05) is 63.0 Å². The summed E-state index contributed by atoms with van der Waals surface area (Å²) in [7, 11) is 1.61. The van der Waals surface area contributed by atoms with Gasteiger partial charge in [-0.25, -0.2) is 4.98 Å². The normalized spacial score (nSPS) is 17.1. The Bertz CT molecular complexity index is 1460. The van der Waals surface area contributed by atoms with Crippen LogP contribution in [0.15, 0.2) is 85.5 Å². The van der Waals surface area contributed by atoms with Crippen molar-refractivity contribution in [1.82, 2.24) is 30.1 Å². The first-order chi connectivity index (χ1) is 20.6. The highest BCUT2D eigenvalue weighted by molar-refractivity contribution is 5.88. The molecule has 5 rings (SSSR count). The Kier molecular flexibility index (Phi) is 9.79. The molecular weight excluding hydrogens is 532 g/mol. The van der Waals surface area contributed by atoms with Gasteiger partial charge in [0.1, 0.15) is 11.9 Å². The Morgan fingerprint density at radius 3 is 2.69 bits per heavy atom. The summed E-state index contributed by atoms with van der Waals surface area (Å²) in [6, 6.07) is 18.6. The quantitative estimate of drug-likeness (QED) is 0.381. The molecule has 4 aromatic rings. The Hall–Kier alpha value is -4.70. The van der Waals surface area contributed by atoms with Crippen molar-refractivity contribution < 1.29 is 19.1 Å². The molecule has 218 valence electrons. The number of rotatable bonds is 5. The second-order valence-electron chi connectivity index (χ2n) is 10.2. The fraction of sp³-hybridized carbons (Fsp3) is 0.312. The molecule has 0 radical (unpaired) electrons. The van der Waals surface area contributed by atoms with Gasteiger partial charge in [0.2, 0.25) is 11.8 Å². The number of imidazole rings is 1. The minimum absolute atomic E-state index is 0.130. The van der Waals surface area contributed by atoms with Crippen molar-refractivity contribution in [3.63, 3.8) is 0 Å². The molecule has 10 nitrogen and oxygen atoms in total. The van der Waals surface area contributed by atoms with Crippen LogP contribution in [0.2, 0.25) is 0 Å². The maximum Gasteiger partial charge on any atom is 0.242 e. The van der Waals surface area contributed by atoms with E-state index in [4.69, 9.17) is 9.47 Å². The van der Waals surface area contributed by atoms with Gasteiger partial charge in [-0.05, 0) is 41.8 Å². The van der Waals surface area contributed by atoms with Gasteiger partial charge < -0.3 is 24.7 Å². The smallest absolute Gasteiger partial charge is 0.242 e. The van der Waals surface area contributed by atoms with Gasteiger partial charge in [0.25, 0.3) is 0 Å². The molecule has 0 spiro atoms. The van der Waals surface area contributed by atoms with Gasteiger partial charge >= 0.3 is 0 Å². The first kappa shape index (κ1) is 28.8. The molecule has 1 aliphatic rings. The number of benzene rings is 2. The number of nitrogens with one attached hydrogen (secondary N) is 2. The van der Waals surface area contributed by atoms with Crippen molar-refractivity contribution in [3.05, 3.63) is 96.6 Å². The molecular formula is C32H36N6O4. The maximum atomic E-state index is 13.4. The van der Waals surface area contributed by atoms with E-state index in [1.807, 2.05) is 76.3 Å². The lowest BCUT2D eigenvalue weighted by Crippen LogP contribution is -2.51. The number of fused-ring (bicyclic) bond motifs is 4. The Balaban J connectivity index is 1.40. The molecule has 3 heterocycles. The number of aromatic nitrogens is 3. The zero-order valence-electron chi connectivity index (χ0n) is 23.7. The van der Waals surface area contributed by atoms with E-state index in [0.29, 0.717) is 57.1 Å². The van der Waals surface area contributed by atoms with Crippen LogP contribution in [0.3, 0.4) is 0 Å². The molecule has 0 saturated carbocycles. The molecule has 42 heavy (non-hydrogen) atoms. The minimum Gasteiger partial charge on any atom is -0.493 e. The third kappa shape index (κ3) is 7.73. The summed E-state index contributed by atoms with van der Waals surface area (Å²) in [5.74, 6) is 1.57. The lowest BCUT2D eigenvalue weighted by molar-refractivity contribution is -0.129. The molecule has 2 N–H and O–H groups in total. The molecule has 2 aromatic carbocycles. The highest BCUT2D eigenvalue weighted by Crippen LogP contribution is 2.32. The van der Waals surface area contributed by atoms with Gasteiger partial charge in [-0.1, -0.05) is 36.4 Å². The average molecular weight is 569 g/mol. The largest absolute Gasteiger partial charge is 0.493 e. The second kappa shape index (κ2) is 14.3. The molecule has 0 unspecified atom stereocenters. The van der Waals surface area contributed by atoms with Crippen LogP contribution in [0.25, 0.3) is 11.4 Å². The van der Waals surface area contributed by atoms with Crippen LogP contribution in [-0.4, -0.2) is 70.6 Å². The Morgan fingerprint density at radius 1 is 1.02 bits per heavy atom. The summed E-state index contributed by atoms with van der Waals surface area (Å²) in [5, 5.41) is 6.01. The maximum absolute atomic E-state index is 13.4. The predicted octanol–water partition coefficient (Wildman–Crippen LogP) is 3.08. The lowest BCUT2D eigenvalue weighted by atomic mass is 10.1. The van der Waals surface area contributed by atoms with Crippen LogP contribution >= 0.6 is 0 Å². The van der Waals surface area contributed by atoms with Crippen LogP contribution in [-0.2, 0) is 29.1 Å². The molecule has 0 aliphatic carbocycles. The number of hydrogen-bond acceptors (Lipinski definition) is 7. The summed E-state index contributed by atoms with van der Waals surface area (Å²) >= 11 is 0. The van der Waals surface area contributed by atoms with E-state index in [9.17, 15) is 9.59 Å². The molecule has 2 amide bonds. The molecule has 2 aromatic heterocycles. The first-order valence-corrected chi connectivity index (χ1v) is 14.1. The van der Waals surface area contributed by atoms with Gasteiger partial charge in [0.05, 0.1) is 20.3 Å². The zero-order valence-corrected chi connectivity index (χ0v) is 23.7. The minimum atomic E-state index is -0.714. The fourth-order valence-electron chi connectivity index (χ4n) is 5.04. The van der Waals surface area contributed by atoms with E-state index in [1.165, 1.54) is 0 Å². The highest BCUT2D eigenvalue weighted by Gasteiger charge is 2.23. The van der Waals surface area contributed by atoms with Crippen LogP contribution in [0.4, 0.5) is 0 Å². The third-order valence-corrected chi connectivity index (χ3v) is 7.10. The van der Waals surface area contributed by atoms with Crippen LogP contribution < -0.4 is 20.1 Å². The standard InChI is InChI=1S/C32H36N6O4/c1-41-28-11-10-26-20-29(28)42-18-6-15-37(22-25-9-5-12-33-21-25)23-30(39)36-27(19-24-7-3-2-4-8-24)32(40)35-14-17-38-16-13-34-31(26)38/h2-5,7-13,16,20-21,27H,6,14-15,17-19,22-23H2,1H3,(H,35,40)(H,36,39)/t27-/m0/s1.